The van der Waals surface area contributed by atoms with E-state index >= 15 is 0 Å². The van der Waals surface area contributed by atoms with E-state index in [1.54, 1.807) is 0 Å². The highest BCUT2D eigenvalue weighted by Crippen LogP contribution is 2.31. The van der Waals surface area contributed by atoms with E-state index in [0.29, 0.717) is 0 Å². The second-order valence-corrected chi connectivity index (χ2v) is 4.56. The SMILES string of the molecule is Cc1ccc(C)n1C1(C)CCOCC1. The van der Waals surface area contributed by atoms with Crippen molar-refractivity contribution in [1.29, 1.82) is 0 Å². The van der Waals surface area contributed by atoms with Crippen LogP contribution < -0.4 is 0 Å². The van der Waals surface area contributed by atoms with Gasteiger partial charge in [0.05, 0.1) is 0 Å². The first kappa shape index (κ1) is 9.78. The average Bonchev–Trinajstić information content (AvgIpc) is 2.48. The fourth-order valence-electron chi connectivity index (χ4n) is 2.55. The largest absolute Gasteiger partial charge is 0.381 e. The van der Waals surface area contributed by atoms with Crippen molar-refractivity contribution in [3.63, 3.8) is 0 Å². The lowest BCUT2D eigenvalue weighted by Gasteiger charge is -2.37. The van der Waals surface area contributed by atoms with E-state index < -0.39 is 0 Å². The molecule has 0 saturated carbocycles. The van der Waals surface area contributed by atoms with Crippen LogP contribution in [0.4, 0.5) is 0 Å². The number of hydrogen-bond donors (Lipinski definition) is 0. The van der Waals surface area contributed by atoms with Gasteiger partial charge in [0, 0.05) is 30.1 Å². The van der Waals surface area contributed by atoms with Gasteiger partial charge >= 0.3 is 0 Å². The van der Waals surface area contributed by atoms with Crippen LogP contribution in [0.1, 0.15) is 31.2 Å². The lowest BCUT2D eigenvalue weighted by atomic mass is 9.91. The maximum atomic E-state index is 5.43. The van der Waals surface area contributed by atoms with Crippen LogP contribution in [0.3, 0.4) is 0 Å². The van der Waals surface area contributed by atoms with Crippen molar-refractivity contribution in [2.24, 2.45) is 0 Å². The maximum absolute atomic E-state index is 5.43. The Kier molecular flexibility index (Phi) is 2.40. The molecule has 2 heterocycles. The predicted octanol–water partition coefficient (Wildman–Crippen LogP) is 2.63. The van der Waals surface area contributed by atoms with Gasteiger partial charge in [0.1, 0.15) is 0 Å². The highest BCUT2D eigenvalue weighted by atomic mass is 16.5. The molecule has 1 aliphatic heterocycles. The van der Waals surface area contributed by atoms with Crippen LogP contribution in [0.2, 0.25) is 0 Å². The molecule has 0 aromatic carbocycles. The molecule has 0 atom stereocenters. The van der Waals surface area contributed by atoms with E-state index in [1.807, 2.05) is 0 Å². The van der Waals surface area contributed by atoms with Crippen molar-refractivity contribution in [1.82, 2.24) is 4.57 Å². The minimum atomic E-state index is 0.274. The van der Waals surface area contributed by atoms with Gasteiger partial charge in [-0.3, -0.25) is 0 Å². The molecule has 1 fully saturated rings. The van der Waals surface area contributed by atoms with Gasteiger partial charge in [-0.15, -0.1) is 0 Å². The fraction of sp³-hybridized carbons (Fsp3) is 0.667. The van der Waals surface area contributed by atoms with Gasteiger partial charge in [-0.2, -0.15) is 0 Å². The highest BCUT2D eigenvalue weighted by molar-refractivity contribution is 5.17. The third-order valence-corrected chi connectivity index (χ3v) is 3.38. The molecule has 0 aliphatic carbocycles. The Labute approximate surface area is 85.9 Å². The normalized spacial score (nSPS) is 21.1. The number of aromatic nitrogens is 1. The minimum Gasteiger partial charge on any atom is -0.381 e. The Morgan fingerprint density at radius 3 is 2.14 bits per heavy atom. The Balaban J connectivity index is 2.36. The molecular weight excluding hydrogens is 174 g/mol. The van der Waals surface area contributed by atoms with Gasteiger partial charge in [0.15, 0.2) is 0 Å². The summed E-state index contributed by atoms with van der Waals surface area (Å²) in [6, 6.07) is 4.41. The zero-order chi connectivity index (χ0) is 10.2. The number of aryl methyl sites for hydroxylation is 2. The Morgan fingerprint density at radius 1 is 1.14 bits per heavy atom. The van der Waals surface area contributed by atoms with E-state index in [0.717, 1.165) is 26.1 Å². The maximum Gasteiger partial charge on any atom is 0.0488 e. The van der Waals surface area contributed by atoms with Crippen LogP contribution in [0, 0.1) is 13.8 Å². The molecule has 14 heavy (non-hydrogen) atoms. The van der Waals surface area contributed by atoms with Gasteiger partial charge in [-0.05, 0) is 45.7 Å². The van der Waals surface area contributed by atoms with Crippen molar-refractivity contribution in [2.75, 3.05) is 13.2 Å². The molecule has 1 aromatic rings. The van der Waals surface area contributed by atoms with Gasteiger partial charge in [-0.1, -0.05) is 0 Å². The predicted molar refractivity (Wildman–Crippen MR) is 57.6 cm³/mol. The number of ether oxygens (including phenoxy) is 1. The molecule has 2 heteroatoms. The molecule has 1 aliphatic rings. The molecule has 1 saturated heterocycles. The number of nitrogens with zero attached hydrogens (tertiary/aromatic N) is 1. The summed E-state index contributed by atoms with van der Waals surface area (Å²) in [6.07, 6.45) is 2.26. The first-order chi connectivity index (χ1) is 6.63. The average molecular weight is 193 g/mol. The smallest absolute Gasteiger partial charge is 0.0488 e. The summed E-state index contributed by atoms with van der Waals surface area (Å²) in [6.45, 7) is 8.51. The zero-order valence-corrected chi connectivity index (χ0v) is 9.34. The molecule has 78 valence electrons. The lowest BCUT2D eigenvalue weighted by molar-refractivity contribution is 0.0281. The van der Waals surface area contributed by atoms with E-state index in [1.165, 1.54) is 11.4 Å². The van der Waals surface area contributed by atoms with Gasteiger partial charge < -0.3 is 9.30 Å². The van der Waals surface area contributed by atoms with Crippen LogP contribution in [-0.4, -0.2) is 17.8 Å². The van der Waals surface area contributed by atoms with Crippen molar-refractivity contribution >= 4 is 0 Å². The molecule has 0 N–H and O–H groups in total. The highest BCUT2D eigenvalue weighted by Gasteiger charge is 2.30. The molecule has 0 bridgehead atoms. The Bertz CT molecular complexity index is 302. The van der Waals surface area contributed by atoms with E-state index in [-0.39, 0.29) is 5.54 Å². The van der Waals surface area contributed by atoms with Crippen molar-refractivity contribution in [2.45, 2.75) is 39.2 Å². The zero-order valence-electron chi connectivity index (χ0n) is 9.34. The van der Waals surface area contributed by atoms with Crippen molar-refractivity contribution in [3.05, 3.63) is 23.5 Å². The summed E-state index contributed by atoms with van der Waals surface area (Å²) in [7, 11) is 0. The number of hydrogen-bond acceptors (Lipinski definition) is 1. The van der Waals surface area contributed by atoms with Gasteiger partial charge in [0.25, 0.3) is 0 Å². The number of rotatable bonds is 1. The van der Waals surface area contributed by atoms with E-state index in [9.17, 15) is 0 Å². The van der Waals surface area contributed by atoms with E-state index in [2.05, 4.69) is 37.5 Å². The quantitative estimate of drug-likeness (QED) is 0.668. The monoisotopic (exact) mass is 193 g/mol. The molecule has 0 amide bonds. The summed E-state index contributed by atoms with van der Waals surface area (Å²) in [5.74, 6) is 0. The Morgan fingerprint density at radius 2 is 1.64 bits per heavy atom. The summed E-state index contributed by atoms with van der Waals surface area (Å²) in [5, 5.41) is 0. The second-order valence-electron chi connectivity index (χ2n) is 4.56. The first-order valence-electron chi connectivity index (χ1n) is 5.37. The van der Waals surface area contributed by atoms with Gasteiger partial charge in [-0.25, -0.2) is 0 Å². The molecule has 0 radical (unpaired) electrons. The standard InChI is InChI=1S/C12H19NO/c1-10-4-5-11(2)13(10)12(3)6-8-14-9-7-12/h4-5H,6-9H2,1-3H3. The van der Waals surface area contributed by atoms with Crippen LogP contribution in [-0.2, 0) is 10.3 Å². The second kappa shape index (κ2) is 3.43. The third-order valence-electron chi connectivity index (χ3n) is 3.38. The first-order valence-corrected chi connectivity index (χ1v) is 5.37. The summed E-state index contributed by atoms with van der Waals surface area (Å²) >= 11 is 0. The van der Waals surface area contributed by atoms with E-state index in [4.69, 9.17) is 4.74 Å². The summed E-state index contributed by atoms with van der Waals surface area (Å²) < 4.78 is 7.90. The molecule has 2 rings (SSSR count). The van der Waals surface area contributed by atoms with Crippen LogP contribution >= 0.6 is 0 Å². The lowest BCUT2D eigenvalue weighted by Crippen LogP contribution is -2.37. The molecule has 2 nitrogen and oxygen atoms in total. The topological polar surface area (TPSA) is 14.2 Å². The summed E-state index contributed by atoms with van der Waals surface area (Å²) in [4.78, 5) is 0. The van der Waals surface area contributed by atoms with Crippen LogP contribution in [0.25, 0.3) is 0 Å². The third kappa shape index (κ3) is 1.48. The van der Waals surface area contributed by atoms with Crippen molar-refractivity contribution in [3.8, 4) is 0 Å². The minimum absolute atomic E-state index is 0.274. The van der Waals surface area contributed by atoms with Gasteiger partial charge in [0.2, 0.25) is 0 Å². The van der Waals surface area contributed by atoms with Crippen molar-refractivity contribution < 1.29 is 4.74 Å². The summed E-state index contributed by atoms with van der Waals surface area (Å²) in [5.41, 5.74) is 3.01. The molecule has 0 unspecified atom stereocenters. The molecule has 1 aromatic heterocycles. The Hall–Kier alpha value is -0.760. The molecular formula is C12H19NO. The fourth-order valence-corrected chi connectivity index (χ4v) is 2.55. The van der Waals surface area contributed by atoms with Crippen LogP contribution in [0.5, 0.6) is 0 Å². The molecule has 0 spiro atoms. The van der Waals surface area contributed by atoms with Crippen LogP contribution in [0.15, 0.2) is 12.1 Å².